The third-order valence-corrected chi connectivity index (χ3v) is 3.53. The summed E-state index contributed by atoms with van der Waals surface area (Å²) in [6, 6.07) is 5.48. The summed E-state index contributed by atoms with van der Waals surface area (Å²) in [4.78, 5) is 20.5. The van der Waals surface area contributed by atoms with Crippen molar-refractivity contribution in [3.8, 4) is 0 Å². The Kier molecular flexibility index (Phi) is 4.59. The smallest absolute Gasteiger partial charge is 0.271 e. The number of rotatable bonds is 5. The molecule has 0 spiro atoms. The van der Waals surface area contributed by atoms with E-state index in [4.69, 9.17) is 5.73 Å². The lowest BCUT2D eigenvalue weighted by Crippen LogP contribution is -2.27. The van der Waals surface area contributed by atoms with E-state index in [0.717, 1.165) is 10.7 Å². The molecule has 2 aromatic rings. The van der Waals surface area contributed by atoms with Crippen LogP contribution in [0.3, 0.4) is 0 Å². The molecule has 3 N–H and O–H groups in total. The zero-order valence-electron chi connectivity index (χ0n) is 10.7. The molecule has 100 valence electrons. The Labute approximate surface area is 115 Å². The molecule has 0 aliphatic heterocycles. The van der Waals surface area contributed by atoms with Crippen LogP contribution in [-0.2, 0) is 6.42 Å². The summed E-state index contributed by atoms with van der Waals surface area (Å²) in [5.41, 5.74) is 6.73. The summed E-state index contributed by atoms with van der Waals surface area (Å²) in [6.45, 7) is 2.44. The fourth-order valence-corrected chi connectivity index (χ4v) is 2.42. The fraction of sp³-hybridized carbons (Fsp3) is 0.308. The average molecular weight is 276 g/mol. The summed E-state index contributed by atoms with van der Waals surface area (Å²) >= 11 is 1.46. The number of pyridine rings is 1. The van der Waals surface area contributed by atoms with Crippen LogP contribution in [0.4, 0.5) is 0 Å². The zero-order valence-corrected chi connectivity index (χ0v) is 11.5. The van der Waals surface area contributed by atoms with Crippen molar-refractivity contribution in [2.24, 2.45) is 5.73 Å². The molecule has 0 aliphatic rings. The second kappa shape index (κ2) is 6.40. The molecule has 6 heteroatoms. The van der Waals surface area contributed by atoms with Gasteiger partial charge in [0.1, 0.15) is 5.69 Å². The predicted molar refractivity (Wildman–Crippen MR) is 75.0 cm³/mol. The number of nitrogens with two attached hydrogens (primary N) is 1. The highest BCUT2D eigenvalue weighted by atomic mass is 32.1. The number of aromatic nitrogens is 2. The summed E-state index contributed by atoms with van der Waals surface area (Å²) in [5, 5.41) is 5.52. The average Bonchev–Trinajstić information content (AvgIpc) is 2.89. The van der Waals surface area contributed by atoms with Gasteiger partial charge in [-0.2, -0.15) is 0 Å². The Bertz CT molecular complexity index is 541. The normalized spacial score (nSPS) is 12.1. The van der Waals surface area contributed by atoms with Gasteiger partial charge in [0, 0.05) is 18.0 Å². The van der Waals surface area contributed by atoms with Gasteiger partial charge in [0.05, 0.1) is 16.7 Å². The van der Waals surface area contributed by atoms with E-state index in [1.165, 1.54) is 11.3 Å². The topological polar surface area (TPSA) is 80.9 Å². The van der Waals surface area contributed by atoms with Crippen molar-refractivity contribution >= 4 is 17.2 Å². The number of nitrogens with one attached hydrogen (secondary N) is 1. The minimum absolute atomic E-state index is 0.145. The van der Waals surface area contributed by atoms with Crippen LogP contribution < -0.4 is 11.1 Å². The second-order valence-corrected chi connectivity index (χ2v) is 5.06. The van der Waals surface area contributed by atoms with Crippen molar-refractivity contribution in [2.45, 2.75) is 19.4 Å². The third-order valence-electron chi connectivity index (χ3n) is 2.62. The van der Waals surface area contributed by atoms with Crippen LogP contribution in [0.5, 0.6) is 0 Å². The van der Waals surface area contributed by atoms with Crippen LogP contribution in [0.1, 0.15) is 34.2 Å². The molecule has 0 saturated carbocycles. The number of thiazole rings is 1. The first-order valence-electron chi connectivity index (χ1n) is 6.07. The van der Waals surface area contributed by atoms with Crippen molar-refractivity contribution in [3.63, 3.8) is 0 Å². The molecular weight excluding hydrogens is 260 g/mol. The Hall–Kier alpha value is -1.79. The minimum atomic E-state index is -0.183. The molecule has 1 amide bonds. The van der Waals surface area contributed by atoms with Gasteiger partial charge in [0.2, 0.25) is 0 Å². The zero-order chi connectivity index (χ0) is 13.7. The van der Waals surface area contributed by atoms with E-state index >= 15 is 0 Å². The van der Waals surface area contributed by atoms with Gasteiger partial charge in [-0.05, 0) is 25.6 Å². The number of carbonyl (C=O) groups excluding carboxylic acids is 1. The number of hydrogen-bond donors (Lipinski definition) is 2. The van der Waals surface area contributed by atoms with Crippen LogP contribution in [0.2, 0.25) is 0 Å². The SMILES string of the molecule is C[C@H](NC(=O)c1csc(CCN)n1)c1ccccn1. The van der Waals surface area contributed by atoms with Crippen LogP contribution in [0.25, 0.3) is 0 Å². The van der Waals surface area contributed by atoms with E-state index in [1.807, 2.05) is 25.1 Å². The molecule has 19 heavy (non-hydrogen) atoms. The maximum absolute atomic E-state index is 12.0. The molecule has 5 nitrogen and oxygen atoms in total. The largest absolute Gasteiger partial charge is 0.343 e. The first-order valence-corrected chi connectivity index (χ1v) is 6.95. The Morgan fingerprint density at radius 3 is 3.05 bits per heavy atom. The van der Waals surface area contributed by atoms with Gasteiger partial charge in [-0.15, -0.1) is 11.3 Å². The van der Waals surface area contributed by atoms with Gasteiger partial charge in [0.25, 0.3) is 5.91 Å². The minimum Gasteiger partial charge on any atom is -0.343 e. The third kappa shape index (κ3) is 3.59. The van der Waals surface area contributed by atoms with Crippen molar-refractivity contribution in [1.29, 1.82) is 0 Å². The van der Waals surface area contributed by atoms with Crippen LogP contribution in [0, 0.1) is 0 Å². The molecule has 0 bridgehead atoms. The molecule has 0 fully saturated rings. The van der Waals surface area contributed by atoms with Crippen LogP contribution in [0.15, 0.2) is 29.8 Å². The van der Waals surface area contributed by atoms with Crippen molar-refractivity contribution < 1.29 is 4.79 Å². The highest BCUT2D eigenvalue weighted by molar-refractivity contribution is 7.09. The molecule has 1 atom stereocenters. The summed E-state index contributed by atoms with van der Waals surface area (Å²) < 4.78 is 0. The predicted octanol–water partition coefficient (Wildman–Crippen LogP) is 1.53. The van der Waals surface area contributed by atoms with Crippen molar-refractivity contribution in [3.05, 3.63) is 46.2 Å². The quantitative estimate of drug-likeness (QED) is 0.867. The Morgan fingerprint density at radius 2 is 2.37 bits per heavy atom. The molecule has 2 rings (SSSR count). The second-order valence-electron chi connectivity index (χ2n) is 4.11. The number of hydrogen-bond acceptors (Lipinski definition) is 5. The molecule has 0 radical (unpaired) electrons. The van der Waals surface area contributed by atoms with Gasteiger partial charge in [-0.1, -0.05) is 6.07 Å². The van der Waals surface area contributed by atoms with Gasteiger partial charge >= 0.3 is 0 Å². The lowest BCUT2D eigenvalue weighted by atomic mass is 10.2. The van der Waals surface area contributed by atoms with E-state index in [0.29, 0.717) is 18.7 Å². The molecule has 0 aliphatic carbocycles. The van der Waals surface area contributed by atoms with Crippen LogP contribution >= 0.6 is 11.3 Å². The molecule has 0 aromatic carbocycles. The Balaban J connectivity index is 2.00. The van der Waals surface area contributed by atoms with Gasteiger partial charge in [0.15, 0.2) is 0 Å². The number of nitrogens with zero attached hydrogens (tertiary/aromatic N) is 2. The number of amides is 1. The van der Waals surface area contributed by atoms with Gasteiger partial charge < -0.3 is 11.1 Å². The van der Waals surface area contributed by atoms with Crippen molar-refractivity contribution in [1.82, 2.24) is 15.3 Å². The van der Waals surface area contributed by atoms with E-state index in [-0.39, 0.29) is 11.9 Å². The Morgan fingerprint density at radius 1 is 1.53 bits per heavy atom. The molecule has 2 heterocycles. The lowest BCUT2D eigenvalue weighted by molar-refractivity contribution is 0.0934. The first-order chi connectivity index (χ1) is 9.20. The maximum Gasteiger partial charge on any atom is 0.271 e. The number of carbonyl (C=O) groups is 1. The summed E-state index contributed by atoms with van der Waals surface area (Å²) in [6.07, 6.45) is 2.41. The summed E-state index contributed by atoms with van der Waals surface area (Å²) in [5.74, 6) is -0.183. The van der Waals surface area contributed by atoms with Gasteiger partial charge in [-0.3, -0.25) is 9.78 Å². The summed E-state index contributed by atoms with van der Waals surface area (Å²) in [7, 11) is 0. The monoisotopic (exact) mass is 276 g/mol. The molecular formula is C13H16N4OS. The highest BCUT2D eigenvalue weighted by Crippen LogP contribution is 2.13. The molecule has 0 unspecified atom stereocenters. The maximum atomic E-state index is 12.0. The molecule has 2 aromatic heterocycles. The van der Waals surface area contributed by atoms with E-state index < -0.39 is 0 Å². The van der Waals surface area contributed by atoms with E-state index in [9.17, 15) is 4.79 Å². The van der Waals surface area contributed by atoms with Crippen LogP contribution in [-0.4, -0.2) is 22.4 Å². The highest BCUT2D eigenvalue weighted by Gasteiger charge is 2.14. The van der Waals surface area contributed by atoms with Gasteiger partial charge in [-0.25, -0.2) is 4.98 Å². The van der Waals surface area contributed by atoms with E-state index in [2.05, 4.69) is 15.3 Å². The first kappa shape index (κ1) is 13.6. The standard InChI is InChI=1S/C13H16N4OS/c1-9(10-4-2-3-7-15-10)16-13(18)11-8-19-12(17-11)5-6-14/h2-4,7-9H,5-6,14H2,1H3,(H,16,18)/t9-/m0/s1. The lowest BCUT2D eigenvalue weighted by Gasteiger charge is -2.11. The molecule has 0 saturated heterocycles. The van der Waals surface area contributed by atoms with E-state index in [1.54, 1.807) is 11.6 Å². The van der Waals surface area contributed by atoms with Crippen molar-refractivity contribution in [2.75, 3.05) is 6.54 Å². The fourth-order valence-electron chi connectivity index (χ4n) is 1.63.